The van der Waals surface area contributed by atoms with Crippen molar-refractivity contribution < 1.29 is 0 Å². The molecule has 0 saturated heterocycles. The summed E-state index contributed by atoms with van der Waals surface area (Å²) < 4.78 is 0. The molecule has 0 atom stereocenters. The maximum Gasteiger partial charge on any atom is 0.121 e. The van der Waals surface area contributed by atoms with Gasteiger partial charge in [-0.1, -0.05) is 0 Å². The zero-order valence-corrected chi connectivity index (χ0v) is 9.30. The van der Waals surface area contributed by atoms with E-state index in [1.54, 1.807) is 24.8 Å². The van der Waals surface area contributed by atoms with Crippen molar-refractivity contribution in [3.05, 3.63) is 49.3 Å². The van der Waals surface area contributed by atoms with Crippen molar-refractivity contribution in [2.75, 3.05) is 0 Å². The van der Waals surface area contributed by atoms with E-state index in [-0.39, 0.29) is 0 Å². The number of hydrogen-bond acceptors (Lipinski definition) is 6. The molecule has 3 aromatic heterocycles. The van der Waals surface area contributed by atoms with E-state index < -0.39 is 0 Å². The maximum absolute atomic E-state index is 4.12. The predicted molar refractivity (Wildman–Crippen MR) is 64.1 cm³/mol. The van der Waals surface area contributed by atoms with Crippen LogP contribution >= 0.6 is 0 Å². The molecular weight excluding hydrogens is 228 g/mol. The van der Waals surface area contributed by atoms with Gasteiger partial charge in [0.05, 0.1) is 6.20 Å². The smallest absolute Gasteiger partial charge is 0.121 e. The highest BCUT2D eigenvalue weighted by molar-refractivity contribution is 5.77. The molecule has 0 aromatic carbocycles. The van der Waals surface area contributed by atoms with Crippen molar-refractivity contribution in [3.63, 3.8) is 0 Å². The summed E-state index contributed by atoms with van der Waals surface area (Å²) in [4.78, 5) is 8.00. The summed E-state index contributed by atoms with van der Waals surface area (Å²) in [7, 11) is 0. The molecule has 0 radical (unpaired) electrons. The van der Waals surface area contributed by atoms with Crippen molar-refractivity contribution in [2.45, 2.75) is 0 Å². The van der Waals surface area contributed by atoms with Crippen molar-refractivity contribution in [1.82, 2.24) is 30.4 Å². The highest BCUT2D eigenvalue weighted by Crippen LogP contribution is 2.26. The number of nitrogens with zero attached hydrogens (tertiary/aromatic N) is 6. The molecule has 0 aliphatic carbocycles. The normalized spacial score (nSPS) is 10.2. The lowest BCUT2D eigenvalue weighted by atomic mass is 10.1. The Labute approximate surface area is 103 Å². The van der Waals surface area contributed by atoms with E-state index in [0.717, 1.165) is 11.1 Å². The van der Waals surface area contributed by atoms with Crippen LogP contribution in [0.15, 0.2) is 49.3 Å². The Morgan fingerprint density at radius 3 is 2.44 bits per heavy atom. The summed E-state index contributed by atoms with van der Waals surface area (Å²) >= 11 is 0. The van der Waals surface area contributed by atoms with Crippen LogP contribution in [0.2, 0.25) is 0 Å². The summed E-state index contributed by atoms with van der Waals surface area (Å²) in [6, 6.07) is 5.50. The van der Waals surface area contributed by atoms with Gasteiger partial charge in [-0.3, -0.25) is 0 Å². The van der Waals surface area contributed by atoms with Gasteiger partial charge in [-0.25, -0.2) is 9.97 Å². The van der Waals surface area contributed by atoms with Crippen LogP contribution in [0.3, 0.4) is 0 Å². The van der Waals surface area contributed by atoms with Gasteiger partial charge in [-0.2, -0.15) is 10.2 Å². The van der Waals surface area contributed by atoms with Crippen molar-refractivity contribution in [3.8, 4) is 22.5 Å². The van der Waals surface area contributed by atoms with E-state index in [2.05, 4.69) is 30.4 Å². The minimum atomic E-state index is 0.667. The van der Waals surface area contributed by atoms with E-state index in [1.807, 2.05) is 18.2 Å². The fourth-order valence-electron chi connectivity index (χ4n) is 1.62. The molecule has 18 heavy (non-hydrogen) atoms. The fourth-order valence-corrected chi connectivity index (χ4v) is 1.62. The molecule has 0 spiro atoms. The van der Waals surface area contributed by atoms with Gasteiger partial charge in [0.2, 0.25) is 0 Å². The standard InChI is InChI=1S/C12H8N6/c1-2-11(17-15-4-1)12-10(3-5-16-18-12)9-6-13-8-14-7-9/h1-8H. The average Bonchev–Trinajstić information content (AvgIpc) is 2.49. The Kier molecular flexibility index (Phi) is 2.67. The zero-order valence-electron chi connectivity index (χ0n) is 9.30. The molecule has 86 valence electrons. The van der Waals surface area contributed by atoms with Crippen molar-refractivity contribution >= 4 is 0 Å². The Hall–Kier alpha value is -2.76. The van der Waals surface area contributed by atoms with Crippen LogP contribution in [-0.2, 0) is 0 Å². The van der Waals surface area contributed by atoms with Crippen LogP contribution in [0, 0.1) is 0 Å². The minimum absolute atomic E-state index is 0.667. The van der Waals surface area contributed by atoms with Crippen LogP contribution in [0.25, 0.3) is 22.5 Å². The van der Waals surface area contributed by atoms with Crippen LogP contribution in [0.5, 0.6) is 0 Å². The van der Waals surface area contributed by atoms with Crippen LogP contribution < -0.4 is 0 Å². The number of hydrogen-bond donors (Lipinski definition) is 0. The molecular formula is C12H8N6. The summed E-state index contributed by atoms with van der Waals surface area (Å²) in [5, 5.41) is 15.9. The molecule has 0 N–H and O–H groups in total. The average molecular weight is 236 g/mol. The molecule has 0 aliphatic rings. The van der Waals surface area contributed by atoms with E-state index in [9.17, 15) is 0 Å². The second-order valence-electron chi connectivity index (χ2n) is 3.53. The highest BCUT2D eigenvalue weighted by atomic mass is 15.1. The molecule has 3 rings (SSSR count). The molecule has 3 heterocycles. The molecule has 0 fully saturated rings. The summed E-state index contributed by atoms with van der Waals surface area (Å²) in [5.41, 5.74) is 3.09. The molecule has 0 unspecified atom stereocenters. The van der Waals surface area contributed by atoms with Crippen molar-refractivity contribution in [2.24, 2.45) is 0 Å². The molecule has 6 heteroatoms. The van der Waals surface area contributed by atoms with E-state index in [4.69, 9.17) is 0 Å². The molecule has 0 bridgehead atoms. The van der Waals surface area contributed by atoms with Gasteiger partial charge in [-0.15, -0.1) is 10.2 Å². The Balaban J connectivity index is 2.18. The third-order valence-electron chi connectivity index (χ3n) is 2.41. The second-order valence-corrected chi connectivity index (χ2v) is 3.53. The zero-order chi connectivity index (χ0) is 12.2. The third kappa shape index (κ3) is 1.91. The Bertz CT molecular complexity index is 582. The van der Waals surface area contributed by atoms with Crippen LogP contribution in [0.1, 0.15) is 0 Å². The van der Waals surface area contributed by atoms with E-state index in [0.29, 0.717) is 11.4 Å². The molecule has 0 saturated carbocycles. The van der Waals surface area contributed by atoms with Gasteiger partial charge >= 0.3 is 0 Å². The third-order valence-corrected chi connectivity index (χ3v) is 2.41. The first-order valence-corrected chi connectivity index (χ1v) is 5.30. The summed E-state index contributed by atoms with van der Waals surface area (Å²) in [6.45, 7) is 0. The number of rotatable bonds is 2. The lowest BCUT2D eigenvalue weighted by molar-refractivity contribution is 0.989. The predicted octanol–water partition coefficient (Wildman–Crippen LogP) is 1.39. The minimum Gasteiger partial charge on any atom is -0.244 e. The Morgan fingerprint density at radius 2 is 1.67 bits per heavy atom. The first-order chi connectivity index (χ1) is 8.95. The first kappa shape index (κ1) is 10.4. The summed E-state index contributed by atoms with van der Waals surface area (Å²) in [6.07, 6.45) is 8.18. The topological polar surface area (TPSA) is 77.3 Å². The van der Waals surface area contributed by atoms with Gasteiger partial charge in [-0.05, 0) is 18.2 Å². The van der Waals surface area contributed by atoms with Gasteiger partial charge in [0.1, 0.15) is 17.7 Å². The van der Waals surface area contributed by atoms with E-state index >= 15 is 0 Å². The van der Waals surface area contributed by atoms with Crippen LogP contribution in [-0.4, -0.2) is 30.4 Å². The molecule has 3 aromatic rings. The summed E-state index contributed by atoms with van der Waals surface area (Å²) in [5.74, 6) is 0. The first-order valence-electron chi connectivity index (χ1n) is 5.30. The van der Waals surface area contributed by atoms with Gasteiger partial charge in [0.25, 0.3) is 0 Å². The van der Waals surface area contributed by atoms with E-state index in [1.165, 1.54) is 6.33 Å². The molecule has 6 nitrogen and oxygen atoms in total. The van der Waals surface area contributed by atoms with Gasteiger partial charge < -0.3 is 0 Å². The molecule has 0 amide bonds. The lowest BCUT2D eigenvalue weighted by Crippen LogP contribution is -1.95. The SMILES string of the molecule is c1cnnc(-c2nnccc2-c2cncnc2)c1. The van der Waals surface area contributed by atoms with Crippen molar-refractivity contribution in [1.29, 1.82) is 0 Å². The lowest BCUT2D eigenvalue weighted by Gasteiger charge is -2.05. The van der Waals surface area contributed by atoms with Gasteiger partial charge in [0.15, 0.2) is 0 Å². The number of aromatic nitrogens is 6. The second kappa shape index (κ2) is 4.62. The monoisotopic (exact) mass is 236 g/mol. The molecule has 0 aliphatic heterocycles. The highest BCUT2D eigenvalue weighted by Gasteiger charge is 2.10. The quantitative estimate of drug-likeness (QED) is 0.669. The largest absolute Gasteiger partial charge is 0.244 e. The Morgan fingerprint density at radius 1 is 0.833 bits per heavy atom. The van der Waals surface area contributed by atoms with Gasteiger partial charge in [0, 0.05) is 29.7 Å². The van der Waals surface area contributed by atoms with Crippen LogP contribution in [0.4, 0.5) is 0 Å². The fraction of sp³-hybridized carbons (Fsp3) is 0. The maximum atomic E-state index is 4.12.